The normalized spacial score (nSPS) is 20.9. The molecule has 1 saturated carbocycles. The molecular weight excluding hydrogens is 384 g/mol. The summed E-state index contributed by atoms with van der Waals surface area (Å²) >= 11 is 0. The maximum atomic E-state index is 6.14. The summed E-state index contributed by atoms with van der Waals surface area (Å²) in [6.45, 7) is 6.28. The average molecular weight is 421 g/mol. The minimum absolute atomic E-state index is 0.735. The Morgan fingerprint density at radius 3 is 2.58 bits per heavy atom. The van der Waals surface area contributed by atoms with E-state index in [4.69, 9.17) is 4.74 Å². The SMILES string of the molecule is C1=CN(c2ccc3c(cnn3CCN3CCCC3)c2)CC=C1OCC1CCCCCC1. The quantitative estimate of drug-likeness (QED) is 0.567. The van der Waals surface area contributed by atoms with E-state index in [1.165, 1.54) is 81.0 Å². The number of allylic oxidation sites excluding steroid dienone is 1. The number of hydrogen-bond acceptors (Lipinski definition) is 4. The minimum Gasteiger partial charge on any atom is -0.494 e. The molecule has 1 aromatic heterocycles. The van der Waals surface area contributed by atoms with Crippen LogP contribution in [0.3, 0.4) is 0 Å². The molecule has 0 spiro atoms. The van der Waals surface area contributed by atoms with Gasteiger partial charge in [-0.15, -0.1) is 0 Å². The Morgan fingerprint density at radius 1 is 0.968 bits per heavy atom. The Bertz CT molecular complexity index is 917. The fourth-order valence-corrected chi connectivity index (χ4v) is 5.20. The highest BCUT2D eigenvalue weighted by molar-refractivity contribution is 5.83. The summed E-state index contributed by atoms with van der Waals surface area (Å²) in [7, 11) is 0. The van der Waals surface area contributed by atoms with Crippen LogP contribution in [-0.2, 0) is 11.3 Å². The third-order valence-corrected chi connectivity index (χ3v) is 7.15. The summed E-state index contributed by atoms with van der Waals surface area (Å²) in [5.74, 6) is 1.76. The molecule has 3 heterocycles. The first-order chi connectivity index (χ1) is 15.3. The molecule has 31 heavy (non-hydrogen) atoms. The Labute approximate surface area is 186 Å². The first-order valence-electron chi connectivity index (χ1n) is 12.3. The lowest BCUT2D eigenvalue weighted by molar-refractivity contribution is 0.164. The largest absolute Gasteiger partial charge is 0.494 e. The van der Waals surface area contributed by atoms with Crippen LogP contribution in [0.5, 0.6) is 0 Å². The van der Waals surface area contributed by atoms with Crippen LogP contribution >= 0.6 is 0 Å². The molecule has 2 fully saturated rings. The summed E-state index contributed by atoms with van der Waals surface area (Å²) in [6.07, 6.45) is 19.4. The van der Waals surface area contributed by atoms with Crippen molar-refractivity contribution in [1.29, 1.82) is 0 Å². The third kappa shape index (κ3) is 5.15. The van der Waals surface area contributed by atoms with Gasteiger partial charge < -0.3 is 14.5 Å². The summed E-state index contributed by atoms with van der Waals surface area (Å²) in [4.78, 5) is 4.82. The van der Waals surface area contributed by atoms with Gasteiger partial charge in [-0.25, -0.2) is 0 Å². The second-order valence-electron chi connectivity index (χ2n) is 9.40. The summed E-state index contributed by atoms with van der Waals surface area (Å²) < 4.78 is 8.29. The first kappa shape index (κ1) is 20.6. The van der Waals surface area contributed by atoms with Crippen LogP contribution < -0.4 is 4.90 Å². The van der Waals surface area contributed by atoms with Crippen molar-refractivity contribution in [2.75, 3.05) is 37.7 Å². The molecule has 5 heteroatoms. The predicted molar refractivity (Wildman–Crippen MR) is 127 cm³/mol. The average Bonchev–Trinajstić information content (AvgIpc) is 3.40. The zero-order valence-corrected chi connectivity index (χ0v) is 18.7. The van der Waals surface area contributed by atoms with Crippen molar-refractivity contribution in [3.05, 3.63) is 48.5 Å². The van der Waals surface area contributed by atoms with Crippen molar-refractivity contribution in [3.8, 4) is 0 Å². The molecule has 0 unspecified atom stereocenters. The van der Waals surface area contributed by atoms with Crippen molar-refractivity contribution in [2.24, 2.45) is 5.92 Å². The number of ether oxygens (including phenoxy) is 1. The van der Waals surface area contributed by atoms with Gasteiger partial charge in [-0.3, -0.25) is 4.68 Å². The second kappa shape index (κ2) is 9.90. The number of hydrogen-bond donors (Lipinski definition) is 0. The van der Waals surface area contributed by atoms with E-state index in [-0.39, 0.29) is 0 Å². The molecule has 2 aliphatic heterocycles. The molecule has 1 aliphatic carbocycles. The maximum absolute atomic E-state index is 6.14. The molecule has 1 saturated heterocycles. The number of rotatable bonds is 7. The van der Waals surface area contributed by atoms with E-state index in [1.807, 2.05) is 6.20 Å². The molecule has 0 N–H and O–H groups in total. The van der Waals surface area contributed by atoms with E-state index in [0.29, 0.717) is 0 Å². The molecule has 1 aromatic carbocycles. The van der Waals surface area contributed by atoms with E-state index in [2.05, 4.69) is 56.1 Å². The van der Waals surface area contributed by atoms with Crippen LogP contribution in [0.4, 0.5) is 5.69 Å². The molecule has 166 valence electrons. The third-order valence-electron chi connectivity index (χ3n) is 7.15. The Balaban J connectivity index is 1.16. The minimum atomic E-state index is 0.735. The van der Waals surface area contributed by atoms with Gasteiger partial charge in [0.1, 0.15) is 5.76 Å². The molecule has 0 radical (unpaired) electrons. The smallest absolute Gasteiger partial charge is 0.118 e. The molecule has 0 amide bonds. The van der Waals surface area contributed by atoms with Gasteiger partial charge in [0.05, 0.1) is 24.9 Å². The monoisotopic (exact) mass is 420 g/mol. The maximum Gasteiger partial charge on any atom is 0.118 e. The van der Waals surface area contributed by atoms with Crippen LogP contribution in [0.15, 0.2) is 48.5 Å². The summed E-state index contributed by atoms with van der Waals surface area (Å²) in [6, 6.07) is 6.69. The highest BCUT2D eigenvalue weighted by Crippen LogP contribution is 2.26. The number of benzene rings is 1. The van der Waals surface area contributed by atoms with Gasteiger partial charge in [-0.1, -0.05) is 25.7 Å². The van der Waals surface area contributed by atoms with Gasteiger partial charge in [0.15, 0.2) is 0 Å². The van der Waals surface area contributed by atoms with Gasteiger partial charge in [0.25, 0.3) is 0 Å². The zero-order valence-electron chi connectivity index (χ0n) is 18.7. The Hall–Kier alpha value is -2.27. The number of nitrogens with zero attached hydrogens (tertiary/aromatic N) is 4. The van der Waals surface area contributed by atoms with E-state index < -0.39 is 0 Å². The van der Waals surface area contributed by atoms with Gasteiger partial charge >= 0.3 is 0 Å². The first-order valence-corrected chi connectivity index (χ1v) is 12.3. The van der Waals surface area contributed by atoms with E-state index in [0.717, 1.165) is 37.9 Å². The lowest BCUT2D eigenvalue weighted by Gasteiger charge is -2.24. The Morgan fingerprint density at radius 2 is 1.81 bits per heavy atom. The fraction of sp³-hybridized carbons (Fsp3) is 0.577. The molecule has 0 atom stereocenters. The number of likely N-dealkylation sites (tertiary alicyclic amines) is 1. The van der Waals surface area contributed by atoms with E-state index in [1.54, 1.807) is 0 Å². The van der Waals surface area contributed by atoms with Gasteiger partial charge in [-0.05, 0) is 75.0 Å². The summed E-state index contributed by atoms with van der Waals surface area (Å²) in [5, 5.41) is 5.87. The van der Waals surface area contributed by atoms with Crippen molar-refractivity contribution in [3.63, 3.8) is 0 Å². The second-order valence-corrected chi connectivity index (χ2v) is 9.40. The topological polar surface area (TPSA) is 33.5 Å². The van der Waals surface area contributed by atoms with Crippen molar-refractivity contribution >= 4 is 16.6 Å². The number of aromatic nitrogens is 2. The lowest BCUT2D eigenvalue weighted by atomic mass is 10.0. The van der Waals surface area contributed by atoms with Crippen molar-refractivity contribution < 1.29 is 4.74 Å². The number of fused-ring (bicyclic) bond motifs is 1. The number of anilines is 1. The highest BCUT2D eigenvalue weighted by Gasteiger charge is 2.15. The molecule has 0 bridgehead atoms. The summed E-state index contributed by atoms with van der Waals surface area (Å²) in [5.41, 5.74) is 2.44. The predicted octanol–water partition coefficient (Wildman–Crippen LogP) is 5.34. The Kier molecular flexibility index (Phi) is 6.59. The van der Waals surface area contributed by atoms with Gasteiger partial charge in [0.2, 0.25) is 0 Å². The van der Waals surface area contributed by atoms with Crippen LogP contribution in [0, 0.1) is 5.92 Å². The lowest BCUT2D eigenvalue weighted by Crippen LogP contribution is -2.24. The van der Waals surface area contributed by atoms with Crippen LogP contribution in [-0.4, -0.2) is 47.5 Å². The molecule has 3 aliphatic rings. The molecule has 5 rings (SSSR count). The van der Waals surface area contributed by atoms with Gasteiger partial charge in [0, 0.05) is 30.4 Å². The van der Waals surface area contributed by atoms with E-state index in [9.17, 15) is 0 Å². The van der Waals surface area contributed by atoms with Crippen LogP contribution in [0.1, 0.15) is 51.4 Å². The molecular formula is C26H36N4O. The molecule has 5 nitrogen and oxygen atoms in total. The van der Waals surface area contributed by atoms with Crippen molar-refractivity contribution in [1.82, 2.24) is 14.7 Å². The van der Waals surface area contributed by atoms with Crippen molar-refractivity contribution in [2.45, 2.75) is 57.9 Å². The van der Waals surface area contributed by atoms with Gasteiger partial charge in [-0.2, -0.15) is 5.10 Å². The van der Waals surface area contributed by atoms with E-state index >= 15 is 0 Å². The molecule has 2 aromatic rings. The standard InChI is InChI=1S/C26H36N4O/c1-2-4-8-22(7-3-1)21-31-25-11-15-29(16-12-25)24-9-10-26-23(19-24)20-27-30(26)18-17-28-13-5-6-14-28/h9-12,15,19-20,22H,1-8,13-14,16-18,21H2. The highest BCUT2D eigenvalue weighted by atomic mass is 16.5. The van der Waals surface area contributed by atoms with Crippen LogP contribution in [0.2, 0.25) is 0 Å². The zero-order chi connectivity index (χ0) is 20.9. The fourth-order valence-electron chi connectivity index (χ4n) is 5.20. The van der Waals surface area contributed by atoms with Crippen LogP contribution in [0.25, 0.3) is 10.9 Å².